The molecule has 2 amide bonds. The fourth-order valence-corrected chi connectivity index (χ4v) is 4.91. The Kier molecular flexibility index (Phi) is 6.97. The molecule has 4 rings (SSSR count). The molecule has 1 aliphatic heterocycles. The quantitative estimate of drug-likeness (QED) is 0.506. The molecule has 2 fully saturated rings. The van der Waals surface area contributed by atoms with Crippen LogP contribution in [0.25, 0.3) is 6.08 Å². The molecule has 2 aromatic rings. The topological polar surface area (TPSA) is 55.8 Å². The number of hydrogen-bond acceptors (Lipinski definition) is 5. The maximum atomic E-state index is 12.8. The summed E-state index contributed by atoms with van der Waals surface area (Å²) < 4.78 is 11.4. The van der Waals surface area contributed by atoms with E-state index < -0.39 is 0 Å². The predicted octanol–water partition coefficient (Wildman–Crippen LogP) is 5.89. The monoisotopic (exact) mass is 437 g/mol. The minimum absolute atomic E-state index is 0.170. The number of carbonyl (C=O) groups is 2. The second-order valence-corrected chi connectivity index (χ2v) is 8.97. The summed E-state index contributed by atoms with van der Waals surface area (Å²) in [5, 5.41) is -0.170. The van der Waals surface area contributed by atoms with Crippen LogP contribution in [-0.2, 0) is 11.4 Å². The van der Waals surface area contributed by atoms with Gasteiger partial charge in [-0.1, -0.05) is 55.7 Å². The highest BCUT2D eigenvalue weighted by atomic mass is 32.2. The van der Waals surface area contributed by atoms with Crippen LogP contribution in [0.5, 0.6) is 11.5 Å². The number of hydrogen-bond donors (Lipinski definition) is 0. The van der Waals surface area contributed by atoms with Crippen LogP contribution in [-0.4, -0.2) is 29.7 Å². The zero-order valence-electron chi connectivity index (χ0n) is 17.7. The standard InChI is InChI=1S/C25H27NO4S/c1-29-22-14-20(12-13-21(22)30-17-19-10-6-3-7-11-19)15-23-24(27)26(25(28)31-23)16-18-8-4-2-5-9-18/h3,6-7,10-15,18H,2,4-5,8-9,16-17H2,1H3/b23-15+. The number of amides is 2. The molecule has 0 aromatic heterocycles. The summed E-state index contributed by atoms with van der Waals surface area (Å²) in [5.41, 5.74) is 1.87. The lowest BCUT2D eigenvalue weighted by molar-refractivity contribution is -0.123. The van der Waals surface area contributed by atoms with Gasteiger partial charge in [0.2, 0.25) is 0 Å². The van der Waals surface area contributed by atoms with Crippen molar-refractivity contribution in [1.29, 1.82) is 0 Å². The lowest BCUT2D eigenvalue weighted by atomic mass is 9.89. The van der Waals surface area contributed by atoms with E-state index in [9.17, 15) is 9.59 Å². The molecule has 1 saturated carbocycles. The molecule has 5 nitrogen and oxygen atoms in total. The first-order chi connectivity index (χ1) is 15.1. The first-order valence-corrected chi connectivity index (χ1v) is 11.6. The molecule has 0 spiro atoms. The van der Waals surface area contributed by atoms with E-state index in [-0.39, 0.29) is 11.1 Å². The first kappa shape index (κ1) is 21.5. The van der Waals surface area contributed by atoms with Crippen LogP contribution in [0, 0.1) is 5.92 Å². The van der Waals surface area contributed by atoms with E-state index in [2.05, 4.69) is 0 Å². The van der Waals surface area contributed by atoms with Crippen LogP contribution in [0.4, 0.5) is 4.79 Å². The minimum atomic E-state index is -0.191. The maximum Gasteiger partial charge on any atom is 0.293 e. The van der Waals surface area contributed by atoms with Crippen molar-refractivity contribution in [2.24, 2.45) is 5.92 Å². The van der Waals surface area contributed by atoms with E-state index >= 15 is 0 Å². The van der Waals surface area contributed by atoms with E-state index in [0.29, 0.717) is 35.5 Å². The van der Waals surface area contributed by atoms with Gasteiger partial charge in [0.25, 0.3) is 11.1 Å². The molecule has 31 heavy (non-hydrogen) atoms. The van der Waals surface area contributed by atoms with E-state index in [0.717, 1.165) is 35.7 Å². The molecule has 2 aliphatic rings. The first-order valence-electron chi connectivity index (χ1n) is 10.7. The predicted molar refractivity (Wildman–Crippen MR) is 123 cm³/mol. The minimum Gasteiger partial charge on any atom is -0.493 e. The van der Waals surface area contributed by atoms with E-state index in [4.69, 9.17) is 9.47 Å². The van der Waals surface area contributed by atoms with Gasteiger partial charge < -0.3 is 9.47 Å². The lowest BCUT2D eigenvalue weighted by Gasteiger charge is -2.25. The second kappa shape index (κ2) is 10.1. The van der Waals surface area contributed by atoms with Gasteiger partial charge in [0.15, 0.2) is 11.5 Å². The Morgan fingerprint density at radius 2 is 1.81 bits per heavy atom. The van der Waals surface area contributed by atoms with Gasteiger partial charge in [-0.2, -0.15) is 0 Å². The number of carbonyl (C=O) groups excluding carboxylic acids is 2. The van der Waals surface area contributed by atoms with Crippen LogP contribution >= 0.6 is 11.8 Å². The van der Waals surface area contributed by atoms with Crippen LogP contribution < -0.4 is 9.47 Å². The van der Waals surface area contributed by atoms with Crippen molar-refractivity contribution in [3.63, 3.8) is 0 Å². The van der Waals surface area contributed by atoms with Crippen molar-refractivity contribution < 1.29 is 19.1 Å². The molecule has 2 aromatic carbocycles. The van der Waals surface area contributed by atoms with Crippen molar-refractivity contribution >= 4 is 29.0 Å². The summed E-state index contributed by atoms with van der Waals surface area (Å²) in [6.45, 7) is 0.980. The summed E-state index contributed by atoms with van der Waals surface area (Å²) in [6, 6.07) is 15.5. The number of methoxy groups -OCH3 is 1. The highest BCUT2D eigenvalue weighted by molar-refractivity contribution is 8.18. The third-order valence-corrected chi connectivity index (χ3v) is 6.67. The number of benzene rings is 2. The normalized spacial score (nSPS) is 18.6. The highest BCUT2D eigenvalue weighted by Gasteiger charge is 2.36. The van der Waals surface area contributed by atoms with Gasteiger partial charge in [-0.15, -0.1) is 0 Å². The SMILES string of the molecule is COc1cc(/C=C2/SC(=O)N(CC3CCCCC3)C2=O)ccc1OCc1ccccc1. The largest absolute Gasteiger partial charge is 0.493 e. The second-order valence-electron chi connectivity index (χ2n) is 7.98. The Hall–Kier alpha value is -2.73. The number of nitrogens with zero attached hydrogens (tertiary/aromatic N) is 1. The lowest BCUT2D eigenvalue weighted by Crippen LogP contribution is -2.34. The van der Waals surface area contributed by atoms with Crippen LogP contribution in [0.2, 0.25) is 0 Å². The fourth-order valence-electron chi connectivity index (χ4n) is 4.07. The van der Waals surface area contributed by atoms with Crippen molar-refractivity contribution in [2.75, 3.05) is 13.7 Å². The molecule has 0 unspecified atom stereocenters. The molecule has 1 heterocycles. The van der Waals surface area contributed by atoms with Gasteiger partial charge in [0, 0.05) is 6.54 Å². The van der Waals surface area contributed by atoms with E-state index in [1.54, 1.807) is 13.2 Å². The zero-order chi connectivity index (χ0) is 21.6. The molecule has 0 radical (unpaired) electrons. The van der Waals surface area contributed by atoms with Crippen molar-refractivity contribution in [3.05, 3.63) is 64.6 Å². The molecule has 1 saturated heterocycles. The smallest absolute Gasteiger partial charge is 0.293 e. The van der Waals surface area contributed by atoms with E-state index in [1.165, 1.54) is 24.2 Å². The molecule has 1 aliphatic carbocycles. The number of imide groups is 1. The van der Waals surface area contributed by atoms with Crippen LogP contribution in [0.1, 0.15) is 43.2 Å². The Morgan fingerprint density at radius 1 is 1.03 bits per heavy atom. The molecule has 0 N–H and O–H groups in total. The summed E-state index contributed by atoms with van der Waals surface area (Å²) in [7, 11) is 1.59. The number of ether oxygens (including phenoxy) is 2. The Morgan fingerprint density at radius 3 is 2.55 bits per heavy atom. The Labute approximate surface area is 187 Å². The third-order valence-electron chi connectivity index (χ3n) is 5.76. The van der Waals surface area contributed by atoms with Crippen molar-refractivity contribution in [3.8, 4) is 11.5 Å². The van der Waals surface area contributed by atoms with Gasteiger partial charge in [0.1, 0.15) is 6.61 Å². The van der Waals surface area contributed by atoms with Crippen LogP contribution in [0.3, 0.4) is 0 Å². The van der Waals surface area contributed by atoms with Gasteiger partial charge in [-0.3, -0.25) is 14.5 Å². The van der Waals surface area contributed by atoms with Crippen molar-refractivity contribution in [2.45, 2.75) is 38.7 Å². The molecule has 0 bridgehead atoms. The molecule has 162 valence electrons. The summed E-state index contributed by atoms with van der Waals surface area (Å²) in [5.74, 6) is 1.46. The zero-order valence-corrected chi connectivity index (χ0v) is 18.5. The average Bonchev–Trinajstić information content (AvgIpc) is 3.06. The Bertz CT molecular complexity index is 967. The number of thioether (sulfide) groups is 1. The summed E-state index contributed by atoms with van der Waals surface area (Å²) >= 11 is 1.02. The maximum absolute atomic E-state index is 12.8. The average molecular weight is 438 g/mol. The van der Waals surface area contributed by atoms with Crippen molar-refractivity contribution in [1.82, 2.24) is 4.90 Å². The molecule has 0 atom stereocenters. The van der Waals surface area contributed by atoms with Gasteiger partial charge >= 0.3 is 0 Å². The molecule has 6 heteroatoms. The van der Waals surface area contributed by atoms with Gasteiger partial charge in [-0.05, 0) is 59.9 Å². The molecular formula is C25H27NO4S. The summed E-state index contributed by atoms with van der Waals surface area (Å²) in [4.78, 5) is 27.2. The summed E-state index contributed by atoms with van der Waals surface area (Å²) in [6.07, 6.45) is 7.59. The highest BCUT2D eigenvalue weighted by Crippen LogP contribution is 2.36. The van der Waals surface area contributed by atoms with Gasteiger partial charge in [-0.25, -0.2) is 0 Å². The number of rotatable bonds is 7. The van der Waals surface area contributed by atoms with Crippen LogP contribution in [0.15, 0.2) is 53.4 Å². The fraction of sp³-hybridized carbons (Fsp3) is 0.360. The van der Waals surface area contributed by atoms with Gasteiger partial charge in [0.05, 0.1) is 12.0 Å². The molecular weight excluding hydrogens is 410 g/mol. The van der Waals surface area contributed by atoms with E-state index in [1.807, 2.05) is 48.5 Å². The third kappa shape index (κ3) is 5.31. The Balaban J connectivity index is 1.45.